The Bertz CT molecular complexity index is 389. The van der Waals surface area contributed by atoms with Crippen LogP contribution in [0.4, 0.5) is 0 Å². The van der Waals surface area contributed by atoms with Crippen LogP contribution in [0.15, 0.2) is 27.1 Å². The van der Waals surface area contributed by atoms with Crippen molar-refractivity contribution in [3.63, 3.8) is 0 Å². The summed E-state index contributed by atoms with van der Waals surface area (Å²) in [5, 5.41) is 0. The summed E-state index contributed by atoms with van der Waals surface area (Å²) in [6.45, 7) is 0. The topological polar surface area (TPSA) is 38.0 Å². The molecular weight excluding hydrogens is 356 g/mol. The zero-order valence-corrected chi connectivity index (χ0v) is 13.6. The van der Waals surface area contributed by atoms with Gasteiger partial charge in [0, 0.05) is 15.0 Å². The first-order valence-corrected chi connectivity index (χ1v) is 8.20. The Morgan fingerprint density at radius 2 is 1.94 bits per heavy atom. The molecule has 100 valence electrons. The van der Waals surface area contributed by atoms with Crippen LogP contribution in [-0.2, 0) is 0 Å². The lowest BCUT2D eigenvalue weighted by atomic mass is 9.83. The zero-order chi connectivity index (χ0) is 13.0. The molecule has 0 amide bonds. The van der Waals surface area contributed by atoms with Gasteiger partial charge in [-0.1, -0.05) is 64.0 Å². The molecule has 3 N–H and O–H groups in total. The van der Waals surface area contributed by atoms with Crippen LogP contribution in [0.2, 0.25) is 0 Å². The van der Waals surface area contributed by atoms with Crippen molar-refractivity contribution >= 4 is 31.9 Å². The van der Waals surface area contributed by atoms with E-state index in [2.05, 4.69) is 49.4 Å². The smallest absolute Gasteiger partial charge is 0.0474 e. The molecular formula is C14H20Br2N2. The minimum Gasteiger partial charge on any atom is -0.271 e. The highest BCUT2D eigenvalue weighted by Gasteiger charge is 2.21. The normalized spacial score (nSPS) is 18.8. The molecule has 1 aromatic rings. The molecule has 0 heterocycles. The van der Waals surface area contributed by atoms with Gasteiger partial charge in [-0.3, -0.25) is 11.3 Å². The number of halogens is 2. The molecule has 4 heteroatoms. The van der Waals surface area contributed by atoms with Crippen molar-refractivity contribution in [2.24, 2.45) is 11.8 Å². The number of nitrogens with one attached hydrogen (secondary N) is 1. The average Bonchev–Trinajstić information content (AvgIpc) is 2.40. The van der Waals surface area contributed by atoms with Crippen molar-refractivity contribution in [2.45, 2.75) is 44.6 Å². The summed E-state index contributed by atoms with van der Waals surface area (Å²) in [5.41, 5.74) is 4.23. The largest absolute Gasteiger partial charge is 0.271 e. The lowest BCUT2D eigenvalue weighted by molar-refractivity contribution is 0.300. The van der Waals surface area contributed by atoms with Gasteiger partial charge >= 0.3 is 0 Å². The number of hydrazine groups is 1. The third-order valence-corrected chi connectivity index (χ3v) is 5.04. The summed E-state index contributed by atoms with van der Waals surface area (Å²) < 4.78 is 2.23. The number of rotatable bonds is 4. The first-order chi connectivity index (χ1) is 8.70. The van der Waals surface area contributed by atoms with Crippen molar-refractivity contribution in [3.05, 3.63) is 32.7 Å². The zero-order valence-electron chi connectivity index (χ0n) is 10.5. The monoisotopic (exact) mass is 374 g/mol. The van der Waals surface area contributed by atoms with E-state index in [4.69, 9.17) is 5.84 Å². The molecule has 2 nitrogen and oxygen atoms in total. The molecule has 0 radical (unpaired) electrons. The fourth-order valence-corrected chi connectivity index (χ4v) is 3.72. The highest BCUT2D eigenvalue weighted by Crippen LogP contribution is 2.34. The molecule has 0 aliphatic heterocycles. The van der Waals surface area contributed by atoms with Crippen molar-refractivity contribution in [2.75, 3.05) is 0 Å². The lowest BCUT2D eigenvalue weighted by Gasteiger charge is -2.27. The van der Waals surface area contributed by atoms with Crippen molar-refractivity contribution in [1.29, 1.82) is 0 Å². The minimum atomic E-state index is 0.236. The van der Waals surface area contributed by atoms with Gasteiger partial charge in [0.1, 0.15) is 0 Å². The van der Waals surface area contributed by atoms with E-state index in [-0.39, 0.29) is 6.04 Å². The Labute approximate surface area is 126 Å². The highest BCUT2D eigenvalue weighted by atomic mass is 79.9. The van der Waals surface area contributed by atoms with Crippen LogP contribution >= 0.6 is 31.9 Å². The molecule has 18 heavy (non-hydrogen) atoms. The predicted molar refractivity (Wildman–Crippen MR) is 83.1 cm³/mol. The van der Waals surface area contributed by atoms with Crippen LogP contribution in [0.25, 0.3) is 0 Å². The maximum Gasteiger partial charge on any atom is 0.0474 e. The summed E-state index contributed by atoms with van der Waals surface area (Å²) in [5.74, 6) is 6.57. The maximum absolute atomic E-state index is 5.75. The van der Waals surface area contributed by atoms with Gasteiger partial charge in [-0.2, -0.15) is 0 Å². The first kappa shape index (κ1) is 14.5. The molecule has 1 fully saturated rings. The second kappa shape index (κ2) is 7.04. The molecule has 1 aliphatic carbocycles. The molecule has 2 rings (SSSR count). The van der Waals surface area contributed by atoms with Gasteiger partial charge < -0.3 is 0 Å². The minimum absolute atomic E-state index is 0.236. The quantitative estimate of drug-likeness (QED) is 0.591. The average molecular weight is 376 g/mol. The molecule has 0 bridgehead atoms. The fraction of sp³-hybridized carbons (Fsp3) is 0.571. The van der Waals surface area contributed by atoms with Crippen molar-refractivity contribution in [1.82, 2.24) is 5.43 Å². The third-order valence-electron chi connectivity index (χ3n) is 3.83. The van der Waals surface area contributed by atoms with Crippen molar-refractivity contribution < 1.29 is 0 Å². The Hall–Kier alpha value is 0.1000. The van der Waals surface area contributed by atoms with Gasteiger partial charge in [0.25, 0.3) is 0 Å². The summed E-state index contributed by atoms with van der Waals surface area (Å²) in [6.07, 6.45) is 7.99. The van der Waals surface area contributed by atoms with Crippen LogP contribution in [0, 0.1) is 5.92 Å². The second-order valence-electron chi connectivity index (χ2n) is 5.12. The number of hydrogen-bond donors (Lipinski definition) is 2. The Kier molecular flexibility index (Phi) is 5.67. The van der Waals surface area contributed by atoms with Gasteiger partial charge in [0.2, 0.25) is 0 Å². The van der Waals surface area contributed by atoms with Crippen LogP contribution < -0.4 is 11.3 Å². The Balaban J connectivity index is 2.09. The standard InChI is InChI=1S/C14H20Br2N2/c15-11-6-7-13(16)12(9-11)14(18-17)8-10-4-2-1-3-5-10/h6-7,9-10,14,18H,1-5,8,17H2. The molecule has 0 saturated heterocycles. The molecule has 1 atom stereocenters. The van der Waals surface area contributed by atoms with E-state index in [0.717, 1.165) is 21.3 Å². The van der Waals surface area contributed by atoms with Gasteiger partial charge in [-0.25, -0.2) is 0 Å². The first-order valence-electron chi connectivity index (χ1n) is 6.62. The summed E-state index contributed by atoms with van der Waals surface area (Å²) in [7, 11) is 0. The lowest BCUT2D eigenvalue weighted by Crippen LogP contribution is -2.30. The molecule has 1 aromatic carbocycles. The van der Waals surface area contributed by atoms with Gasteiger partial charge in [0.05, 0.1) is 0 Å². The Morgan fingerprint density at radius 1 is 1.22 bits per heavy atom. The number of benzene rings is 1. The van der Waals surface area contributed by atoms with E-state index in [0.29, 0.717) is 0 Å². The fourth-order valence-electron chi connectivity index (χ4n) is 2.82. The SMILES string of the molecule is NNC(CC1CCCCC1)c1cc(Br)ccc1Br. The molecule has 1 aliphatic rings. The molecule has 1 unspecified atom stereocenters. The van der Waals surface area contributed by atoms with Gasteiger partial charge in [-0.15, -0.1) is 0 Å². The maximum atomic E-state index is 5.75. The summed E-state index contributed by atoms with van der Waals surface area (Å²) in [4.78, 5) is 0. The van der Waals surface area contributed by atoms with E-state index in [9.17, 15) is 0 Å². The van der Waals surface area contributed by atoms with E-state index in [1.54, 1.807) is 0 Å². The number of nitrogens with two attached hydrogens (primary N) is 1. The van der Waals surface area contributed by atoms with Crippen LogP contribution in [-0.4, -0.2) is 0 Å². The predicted octanol–water partition coefficient (Wildman–Crippen LogP) is 4.69. The van der Waals surface area contributed by atoms with Crippen LogP contribution in [0.5, 0.6) is 0 Å². The van der Waals surface area contributed by atoms with E-state index in [1.165, 1.54) is 37.7 Å². The molecule has 0 spiro atoms. The summed E-state index contributed by atoms with van der Waals surface area (Å²) >= 11 is 7.15. The van der Waals surface area contributed by atoms with Crippen molar-refractivity contribution in [3.8, 4) is 0 Å². The Morgan fingerprint density at radius 3 is 2.61 bits per heavy atom. The summed E-state index contributed by atoms with van der Waals surface area (Å²) in [6, 6.07) is 6.50. The second-order valence-corrected chi connectivity index (χ2v) is 6.89. The van der Waals surface area contributed by atoms with E-state index >= 15 is 0 Å². The van der Waals surface area contributed by atoms with E-state index in [1.807, 2.05) is 6.07 Å². The molecule has 1 saturated carbocycles. The highest BCUT2D eigenvalue weighted by molar-refractivity contribution is 9.11. The van der Waals surface area contributed by atoms with Crippen LogP contribution in [0.3, 0.4) is 0 Å². The van der Waals surface area contributed by atoms with E-state index < -0.39 is 0 Å². The number of hydrogen-bond acceptors (Lipinski definition) is 2. The van der Waals surface area contributed by atoms with Gasteiger partial charge in [0.15, 0.2) is 0 Å². The van der Waals surface area contributed by atoms with Gasteiger partial charge in [-0.05, 0) is 36.1 Å². The third kappa shape index (κ3) is 3.80. The molecule has 0 aromatic heterocycles. The van der Waals surface area contributed by atoms with Crippen LogP contribution in [0.1, 0.15) is 50.1 Å².